The molecule has 1 heterocycles. The van der Waals surface area contributed by atoms with Gasteiger partial charge in [0, 0.05) is 49.4 Å². The van der Waals surface area contributed by atoms with Gasteiger partial charge in [0.1, 0.15) is 5.75 Å². The second kappa shape index (κ2) is 12.9. The average Bonchev–Trinajstić information content (AvgIpc) is 2.78. The molecule has 1 aromatic rings. The topological polar surface area (TPSA) is 121 Å². The van der Waals surface area contributed by atoms with Crippen LogP contribution in [0.5, 0.6) is 5.75 Å². The smallest absolute Gasteiger partial charge is 0.319 e. The van der Waals surface area contributed by atoms with Crippen molar-refractivity contribution in [1.82, 2.24) is 9.80 Å². The molecule has 0 atom stereocenters. The zero-order chi connectivity index (χ0) is 23.5. The normalized spacial score (nSPS) is 16.6. The number of ether oxygens (including phenoxy) is 4. The highest BCUT2D eigenvalue weighted by atomic mass is 16.6. The molecule has 32 heavy (non-hydrogen) atoms. The number of nitro groups is 1. The zero-order valence-electron chi connectivity index (χ0n) is 18.8. The number of methoxy groups -OCH3 is 3. The number of hydrogen-bond donors (Lipinski definition) is 0. The Balaban J connectivity index is 2.36. The highest BCUT2D eigenvalue weighted by molar-refractivity contribution is 5.71. The molecule has 1 aromatic carbocycles. The predicted octanol–water partition coefficient (Wildman–Crippen LogP) is 0.669. The Bertz CT molecular complexity index is 748. The van der Waals surface area contributed by atoms with Crippen LogP contribution in [0.25, 0.3) is 0 Å². The summed E-state index contributed by atoms with van der Waals surface area (Å²) in [6, 6.07) is 3.01. The summed E-state index contributed by atoms with van der Waals surface area (Å²) in [5.74, 6) is -0.163. The summed E-state index contributed by atoms with van der Waals surface area (Å²) in [6.07, 6.45) is 0.890. The van der Waals surface area contributed by atoms with Crippen molar-refractivity contribution in [1.29, 1.82) is 0 Å². The number of nitrogens with zero attached hydrogens (tertiary/aromatic N) is 3. The maximum Gasteiger partial charge on any atom is 0.319 e. The lowest BCUT2D eigenvalue weighted by atomic mass is 10.0. The van der Waals surface area contributed by atoms with E-state index in [0.29, 0.717) is 69.1 Å². The molecule has 0 spiro atoms. The molecule has 0 saturated carbocycles. The number of esters is 2. The fraction of sp³-hybridized carbons (Fsp3) is 0.619. The largest absolute Gasteiger partial charge is 0.496 e. The van der Waals surface area contributed by atoms with E-state index >= 15 is 0 Å². The Morgan fingerprint density at radius 2 is 1.41 bits per heavy atom. The number of carbonyl (C=O) groups is 2. The van der Waals surface area contributed by atoms with Gasteiger partial charge in [0.2, 0.25) is 0 Å². The fourth-order valence-corrected chi connectivity index (χ4v) is 3.56. The van der Waals surface area contributed by atoms with E-state index in [4.69, 9.17) is 18.9 Å². The summed E-state index contributed by atoms with van der Waals surface area (Å²) < 4.78 is 20.9. The molecule has 0 aromatic heterocycles. The molecule has 2 bridgehead atoms. The van der Waals surface area contributed by atoms with Crippen LogP contribution in [0.2, 0.25) is 0 Å². The minimum atomic E-state index is -0.429. The van der Waals surface area contributed by atoms with Crippen molar-refractivity contribution in [3.05, 3.63) is 33.4 Å². The van der Waals surface area contributed by atoms with E-state index in [1.165, 1.54) is 33.5 Å². The number of hydrogen-bond acceptors (Lipinski definition) is 10. The molecule has 1 aliphatic heterocycles. The highest BCUT2D eigenvalue weighted by Crippen LogP contribution is 2.30. The van der Waals surface area contributed by atoms with Gasteiger partial charge in [0.15, 0.2) is 0 Å². The lowest BCUT2D eigenvalue weighted by Crippen LogP contribution is -2.37. The van der Waals surface area contributed by atoms with Gasteiger partial charge in [0.05, 0.1) is 52.6 Å². The molecule has 0 aliphatic carbocycles. The lowest BCUT2D eigenvalue weighted by Gasteiger charge is -2.25. The SMILES string of the molecule is COC(=O)CN1CCOCCN(CC(=O)OC)CCc2cc([N+](=O)[O-])cc(c2OC)CC1. The summed E-state index contributed by atoms with van der Waals surface area (Å²) in [6.45, 7) is 2.86. The third-order valence-corrected chi connectivity index (χ3v) is 5.30. The Morgan fingerprint density at radius 1 is 0.938 bits per heavy atom. The third-order valence-electron chi connectivity index (χ3n) is 5.30. The van der Waals surface area contributed by atoms with Gasteiger partial charge in [-0.15, -0.1) is 0 Å². The minimum Gasteiger partial charge on any atom is -0.496 e. The van der Waals surface area contributed by atoms with Crippen LogP contribution in [0.1, 0.15) is 11.1 Å². The van der Waals surface area contributed by atoms with Gasteiger partial charge >= 0.3 is 11.9 Å². The summed E-state index contributed by atoms with van der Waals surface area (Å²) in [5.41, 5.74) is 1.35. The van der Waals surface area contributed by atoms with Crippen LogP contribution in [0.4, 0.5) is 5.69 Å². The van der Waals surface area contributed by atoms with Crippen molar-refractivity contribution >= 4 is 17.6 Å². The minimum absolute atomic E-state index is 0.0229. The van der Waals surface area contributed by atoms with Gasteiger partial charge in [-0.2, -0.15) is 0 Å². The first-order valence-electron chi connectivity index (χ1n) is 10.4. The lowest BCUT2D eigenvalue weighted by molar-refractivity contribution is -0.385. The maximum atomic E-state index is 11.8. The van der Waals surface area contributed by atoms with E-state index in [1.807, 2.05) is 9.80 Å². The van der Waals surface area contributed by atoms with Crippen LogP contribution in [0.15, 0.2) is 12.1 Å². The number of rotatable bonds is 6. The molecule has 178 valence electrons. The Labute approximate surface area is 187 Å². The Morgan fingerprint density at radius 3 is 1.78 bits per heavy atom. The maximum absolute atomic E-state index is 11.8. The van der Waals surface area contributed by atoms with Gasteiger partial charge in [-0.3, -0.25) is 29.5 Å². The van der Waals surface area contributed by atoms with Crippen molar-refractivity contribution in [2.45, 2.75) is 12.8 Å². The first kappa shape index (κ1) is 25.5. The first-order valence-corrected chi connectivity index (χ1v) is 10.4. The zero-order valence-corrected chi connectivity index (χ0v) is 18.8. The van der Waals surface area contributed by atoms with Crippen molar-refractivity contribution in [2.24, 2.45) is 0 Å². The molecule has 0 N–H and O–H groups in total. The number of fused-ring (bicyclic) bond motifs is 2. The second-order valence-electron chi connectivity index (χ2n) is 7.37. The molecule has 0 amide bonds. The highest BCUT2D eigenvalue weighted by Gasteiger charge is 2.21. The summed E-state index contributed by atoms with van der Waals surface area (Å²) in [7, 11) is 4.19. The molecule has 2 rings (SSSR count). The standard InChI is InChI=1S/C21H31N3O8/c1-29-19(25)14-22-6-4-16-12-18(24(27)28)13-17(21(16)31-3)5-7-23(15-20(26)30-2)9-11-32-10-8-22/h12-13H,4-11,14-15H2,1-3H3. The molecular formula is C21H31N3O8. The van der Waals surface area contributed by atoms with Crippen molar-refractivity contribution < 1.29 is 33.5 Å². The van der Waals surface area contributed by atoms with Crippen LogP contribution in [0, 0.1) is 10.1 Å². The summed E-state index contributed by atoms with van der Waals surface area (Å²) in [5, 5.41) is 11.5. The van der Waals surface area contributed by atoms with Gasteiger partial charge in [0.25, 0.3) is 5.69 Å². The van der Waals surface area contributed by atoms with Crippen LogP contribution < -0.4 is 4.74 Å². The van der Waals surface area contributed by atoms with E-state index in [2.05, 4.69) is 0 Å². The number of benzene rings is 1. The van der Waals surface area contributed by atoms with Gasteiger partial charge in [-0.1, -0.05) is 0 Å². The molecule has 1 aliphatic rings. The van der Waals surface area contributed by atoms with E-state index < -0.39 is 4.92 Å². The Hall–Kier alpha value is -2.76. The molecule has 0 saturated heterocycles. The van der Waals surface area contributed by atoms with Crippen LogP contribution in [-0.2, 0) is 36.6 Å². The van der Waals surface area contributed by atoms with Crippen LogP contribution in [0.3, 0.4) is 0 Å². The molecule has 0 fully saturated rings. The number of carbonyl (C=O) groups excluding carboxylic acids is 2. The first-order chi connectivity index (χ1) is 15.4. The number of non-ortho nitro benzene ring substituents is 1. The Kier molecular flexibility index (Phi) is 10.3. The van der Waals surface area contributed by atoms with Crippen molar-refractivity contribution in [3.8, 4) is 5.75 Å². The molecular weight excluding hydrogens is 422 g/mol. The van der Waals surface area contributed by atoms with Gasteiger partial charge in [-0.05, 0) is 12.8 Å². The van der Waals surface area contributed by atoms with Gasteiger partial charge in [-0.25, -0.2) is 0 Å². The van der Waals surface area contributed by atoms with Crippen LogP contribution >= 0.6 is 0 Å². The summed E-state index contributed by atoms with van der Waals surface area (Å²) >= 11 is 0. The fourth-order valence-electron chi connectivity index (χ4n) is 3.56. The second-order valence-corrected chi connectivity index (χ2v) is 7.37. The van der Waals surface area contributed by atoms with Gasteiger partial charge < -0.3 is 18.9 Å². The molecule has 11 heteroatoms. The predicted molar refractivity (Wildman–Crippen MR) is 115 cm³/mol. The van der Waals surface area contributed by atoms with E-state index in [9.17, 15) is 19.7 Å². The monoisotopic (exact) mass is 453 g/mol. The van der Waals surface area contributed by atoms with Crippen molar-refractivity contribution in [2.75, 3.05) is 73.8 Å². The molecule has 0 unspecified atom stereocenters. The summed E-state index contributed by atoms with van der Waals surface area (Å²) in [4.78, 5) is 38.5. The molecule has 0 radical (unpaired) electrons. The number of nitro benzene ring substituents is 1. The third kappa shape index (κ3) is 7.74. The quantitative estimate of drug-likeness (QED) is 0.345. The van der Waals surface area contributed by atoms with Crippen molar-refractivity contribution in [3.63, 3.8) is 0 Å². The van der Waals surface area contributed by atoms with E-state index in [1.54, 1.807) is 0 Å². The van der Waals surface area contributed by atoms with E-state index in [0.717, 1.165) is 0 Å². The van der Waals surface area contributed by atoms with Crippen LogP contribution in [-0.4, -0.2) is 100 Å². The average molecular weight is 453 g/mol. The van der Waals surface area contributed by atoms with E-state index in [-0.39, 0.29) is 30.7 Å². The molecule has 11 nitrogen and oxygen atoms in total.